The summed E-state index contributed by atoms with van der Waals surface area (Å²) in [6.45, 7) is 4.25. The van der Waals surface area contributed by atoms with E-state index in [9.17, 15) is 4.79 Å². The molecule has 0 saturated carbocycles. The number of nitrogens with zero attached hydrogens (tertiary/aromatic N) is 1. The van der Waals surface area contributed by atoms with Crippen molar-refractivity contribution in [3.63, 3.8) is 0 Å². The molecular formula is C20H19NO. The van der Waals surface area contributed by atoms with Crippen LogP contribution in [0.2, 0.25) is 0 Å². The van der Waals surface area contributed by atoms with E-state index in [-0.39, 0.29) is 11.4 Å². The molecule has 1 saturated heterocycles. The molecule has 1 spiro atoms. The predicted molar refractivity (Wildman–Crippen MR) is 88.0 cm³/mol. The first-order valence-electron chi connectivity index (χ1n) is 7.88. The van der Waals surface area contributed by atoms with Crippen LogP contribution in [0.25, 0.3) is 5.70 Å². The number of hydrogen-bond donors (Lipinski definition) is 0. The van der Waals surface area contributed by atoms with E-state index >= 15 is 0 Å². The molecule has 1 amide bonds. The Labute approximate surface area is 131 Å². The third-order valence-corrected chi connectivity index (χ3v) is 5.13. The molecule has 0 unspecified atom stereocenters. The molecule has 110 valence electrons. The van der Waals surface area contributed by atoms with Gasteiger partial charge in [-0.15, -0.1) is 0 Å². The third-order valence-electron chi connectivity index (χ3n) is 5.13. The molecule has 0 aromatic heterocycles. The molecule has 1 aliphatic carbocycles. The van der Waals surface area contributed by atoms with E-state index in [1.54, 1.807) is 0 Å². The van der Waals surface area contributed by atoms with Crippen LogP contribution in [0.15, 0.2) is 61.2 Å². The summed E-state index contributed by atoms with van der Waals surface area (Å²) >= 11 is 0. The Morgan fingerprint density at radius 2 is 1.64 bits per heavy atom. The van der Waals surface area contributed by atoms with Crippen molar-refractivity contribution in [2.75, 3.05) is 0 Å². The molecule has 1 fully saturated rings. The van der Waals surface area contributed by atoms with Crippen molar-refractivity contribution in [2.24, 2.45) is 0 Å². The highest BCUT2D eigenvalue weighted by Crippen LogP contribution is 2.51. The number of aryl methyl sites for hydroxylation is 1. The van der Waals surface area contributed by atoms with Gasteiger partial charge in [0.25, 0.3) is 0 Å². The molecule has 0 radical (unpaired) electrons. The minimum atomic E-state index is -0.180. The van der Waals surface area contributed by atoms with Crippen molar-refractivity contribution >= 4 is 11.6 Å². The zero-order valence-corrected chi connectivity index (χ0v) is 12.6. The molecule has 2 nitrogen and oxygen atoms in total. The number of rotatable bonds is 2. The smallest absolute Gasteiger partial charge is 0.227 e. The first kappa shape index (κ1) is 13.3. The van der Waals surface area contributed by atoms with Crippen molar-refractivity contribution in [3.05, 3.63) is 77.9 Å². The second kappa shape index (κ2) is 4.84. The lowest BCUT2D eigenvalue weighted by Gasteiger charge is -2.37. The van der Waals surface area contributed by atoms with Crippen LogP contribution < -0.4 is 0 Å². The maximum atomic E-state index is 12.6. The van der Waals surface area contributed by atoms with Crippen LogP contribution in [-0.4, -0.2) is 10.8 Å². The predicted octanol–water partition coefficient (Wildman–Crippen LogP) is 4.12. The summed E-state index contributed by atoms with van der Waals surface area (Å²) in [7, 11) is 0. The molecule has 0 N–H and O–H groups in total. The van der Waals surface area contributed by atoms with Crippen molar-refractivity contribution in [3.8, 4) is 0 Å². The Morgan fingerprint density at radius 3 is 2.45 bits per heavy atom. The van der Waals surface area contributed by atoms with Crippen LogP contribution in [0.1, 0.15) is 36.0 Å². The van der Waals surface area contributed by atoms with Gasteiger partial charge in [0.2, 0.25) is 5.91 Å². The Balaban J connectivity index is 1.81. The van der Waals surface area contributed by atoms with Gasteiger partial charge in [-0.1, -0.05) is 61.2 Å². The van der Waals surface area contributed by atoms with E-state index in [0.717, 1.165) is 30.5 Å². The SMILES string of the molecule is C=C(c1ccccc1)N1C(=O)CC[C@]12CCc1ccccc12. The number of likely N-dealkylation sites (tertiary alicyclic amines) is 1. The standard InChI is InChI=1S/C20H19NO/c1-15(16-7-3-2-4-8-16)21-19(22)12-14-20(21)13-11-17-9-5-6-10-18(17)20/h2-10H,1,11-14H2/t20-/m0/s1. The topological polar surface area (TPSA) is 20.3 Å². The Hall–Kier alpha value is -2.35. The van der Waals surface area contributed by atoms with E-state index in [1.807, 2.05) is 35.2 Å². The molecule has 2 aliphatic rings. The second-order valence-corrected chi connectivity index (χ2v) is 6.23. The van der Waals surface area contributed by atoms with E-state index in [1.165, 1.54) is 11.1 Å². The monoisotopic (exact) mass is 289 g/mol. The molecule has 1 atom stereocenters. The maximum absolute atomic E-state index is 12.6. The molecule has 1 heterocycles. The molecule has 2 aromatic rings. The number of benzene rings is 2. The average molecular weight is 289 g/mol. The molecule has 2 heteroatoms. The Kier molecular flexibility index (Phi) is 2.93. The molecule has 4 rings (SSSR count). The van der Waals surface area contributed by atoms with Crippen LogP contribution in [0.5, 0.6) is 0 Å². The van der Waals surface area contributed by atoms with Gasteiger partial charge in [-0.25, -0.2) is 0 Å². The first-order valence-corrected chi connectivity index (χ1v) is 7.88. The quantitative estimate of drug-likeness (QED) is 0.814. The lowest BCUT2D eigenvalue weighted by atomic mass is 9.88. The maximum Gasteiger partial charge on any atom is 0.227 e. The lowest BCUT2D eigenvalue weighted by Crippen LogP contribution is -2.40. The van der Waals surface area contributed by atoms with E-state index in [2.05, 4.69) is 30.8 Å². The number of amides is 1. The fraction of sp³-hybridized carbons (Fsp3) is 0.250. The number of fused-ring (bicyclic) bond motifs is 2. The lowest BCUT2D eigenvalue weighted by molar-refractivity contribution is -0.127. The Morgan fingerprint density at radius 1 is 0.955 bits per heavy atom. The van der Waals surface area contributed by atoms with Gasteiger partial charge in [0.05, 0.1) is 5.54 Å². The normalized spacial score (nSPS) is 23.1. The summed E-state index contributed by atoms with van der Waals surface area (Å²) in [4.78, 5) is 14.6. The summed E-state index contributed by atoms with van der Waals surface area (Å²) in [5.41, 5.74) is 4.38. The molecular weight excluding hydrogens is 270 g/mol. The van der Waals surface area contributed by atoms with Gasteiger partial charge in [-0.3, -0.25) is 4.79 Å². The van der Waals surface area contributed by atoms with Crippen LogP contribution in [0, 0.1) is 0 Å². The van der Waals surface area contributed by atoms with Gasteiger partial charge >= 0.3 is 0 Å². The van der Waals surface area contributed by atoms with Crippen LogP contribution in [0.3, 0.4) is 0 Å². The second-order valence-electron chi connectivity index (χ2n) is 6.23. The summed E-state index contributed by atoms with van der Waals surface area (Å²) in [6, 6.07) is 18.6. The highest BCUT2D eigenvalue weighted by Gasteiger charge is 2.50. The third kappa shape index (κ3) is 1.77. The highest BCUT2D eigenvalue weighted by atomic mass is 16.2. The number of carbonyl (C=O) groups excluding carboxylic acids is 1. The molecule has 2 aromatic carbocycles. The summed E-state index contributed by atoms with van der Waals surface area (Å²) in [6.07, 6.45) is 3.56. The summed E-state index contributed by atoms with van der Waals surface area (Å²) in [5, 5.41) is 0. The zero-order valence-electron chi connectivity index (χ0n) is 12.6. The van der Waals surface area contributed by atoms with Crippen LogP contribution >= 0.6 is 0 Å². The largest absolute Gasteiger partial charge is 0.302 e. The minimum absolute atomic E-state index is 0.180. The van der Waals surface area contributed by atoms with Crippen molar-refractivity contribution in [1.29, 1.82) is 0 Å². The fourth-order valence-corrected chi connectivity index (χ4v) is 4.10. The number of hydrogen-bond acceptors (Lipinski definition) is 1. The average Bonchev–Trinajstić information content (AvgIpc) is 3.10. The van der Waals surface area contributed by atoms with Crippen LogP contribution in [0.4, 0.5) is 0 Å². The van der Waals surface area contributed by atoms with E-state index < -0.39 is 0 Å². The van der Waals surface area contributed by atoms with Gasteiger partial charge in [-0.2, -0.15) is 0 Å². The van der Waals surface area contributed by atoms with Gasteiger partial charge in [0.15, 0.2) is 0 Å². The first-order chi connectivity index (χ1) is 10.7. The van der Waals surface area contributed by atoms with Gasteiger partial charge in [0, 0.05) is 12.1 Å². The molecule has 0 bridgehead atoms. The van der Waals surface area contributed by atoms with Crippen molar-refractivity contribution in [2.45, 2.75) is 31.2 Å². The van der Waals surface area contributed by atoms with Crippen molar-refractivity contribution in [1.82, 2.24) is 4.90 Å². The van der Waals surface area contributed by atoms with E-state index in [0.29, 0.717) is 6.42 Å². The fourth-order valence-electron chi connectivity index (χ4n) is 4.10. The van der Waals surface area contributed by atoms with E-state index in [4.69, 9.17) is 0 Å². The molecule has 1 aliphatic heterocycles. The van der Waals surface area contributed by atoms with Crippen molar-refractivity contribution < 1.29 is 4.79 Å². The highest BCUT2D eigenvalue weighted by molar-refractivity contribution is 5.90. The zero-order chi connectivity index (χ0) is 15.2. The summed E-state index contributed by atoms with van der Waals surface area (Å²) in [5.74, 6) is 0.200. The van der Waals surface area contributed by atoms with Crippen LogP contribution in [-0.2, 0) is 16.8 Å². The summed E-state index contributed by atoms with van der Waals surface area (Å²) < 4.78 is 0. The molecule has 22 heavy (non-hydrogen) atoms. The Bertz CT molecular complexity index is 749. The number of carbonyl (C=O) groups is 1. The minimum Gasteiger partial charge on any atom is -0.302 e. The van der Waals surface area contributed by atoms with Gasteiger partial charge in [-0.05, 0) is 36.0 Å². The van der Waals surface area contributed by atoms with Gasteiger partial charge < -0.3 is 4.90 Å². The van der Waals surface area contributed by atoms with Gasteiger partial charge in [0.1, 0.15) is 0 Å².